The van der Waals surface area contributed by atoms with Crippen LogP contribution in [0.25, 0.3) is 0 Å². The van der Waals surface area contributed by atoms with Crippen molar-refractivity contribution in [2.24, 2.45) is 11.3 Å². The summed E-state index contributed by atoms with van der Waals surface area (Å²) in [6.45, 7) is 6.93. The van der Waals surface area contributed by atoms with Gasteiger partial charge in [-0.3, -0.25) is 0 Å². The molecule has 1 heteroatoms. The molecule has 80 valence electrons. The highest BCUT2D eigenvalue weighted by atomic mass is 16.1. The molecule has 0 saturated heterocycles. The van der Waals surface area contributed by atoms with Crippen molar-refractivity contribution in [1.82, 2.24) is 0 Å². The minimum Gasteiger partial charge on any atom is -0.303 e. The average molecular weight is 194 g/mol. The van der Waals surface area contributed by atoms with Crippen LogP contribution in [0.1, 0.15) is 52.9 Å². The van der Waals surface area contributed by atoms with E-state index in [1.165, 1.54) is 24.8 Å². The zero-order valence-corrected chi connectivity index (χ0v) is 9.68. The van der Waals surface area contributed by atoms with Crippen LogP contribution in [0, 0.1) is 11.3 Å². The summed E-state index contributed by atoms with van der Waals surface area (Å²) in [6.07, 6.45) is 8.92. The van der Waals surface area contributed by atoms with Gasteiger partial charge in [-0.25, -0.2) is 0 Å². The second kappa shape index (κ2) is 4.77. The van der Waals surface area contributed by atoms with Crippen molar-refractivity contribution in [3.63, 3.8) is 0 Å². The Morgan fingerprint density at radius 2 is 2.21 bits per heavy atom. The molecule has 1 atom stereocenters. The lowest BCUT2D eigenvalue weighted by molar-refractivity contribution is -0.107. The number of allylic oxidation sites excluding steroid dienone is 2. The summed E-state index contributed by atoms with van der Waals surface area (Å²) in [4.78, 5) is 10.2. The topological polar surface area (TPSA) is 17.1 Å². The number of hydrogen-bond acceptors (Lipinski definition) is 1. The van der Waals surface area contributed by atoms with Gasteiger partial charge in [-0.05, 0) is 37.5 Å². The Kier molecular flexibility index (Phi) is 3.91. The number of carbonyl (C=O) groups excluding carboxylic acids is 1. The summed E-state index contributed by atoms with van der Waals surface area (Å²) < 4.78 is 0. The van der Waals surface area contributed by atoms with E-state index in [-0.39, 0.29) is 0 Å². The molecule has 0 aromatic rings. The molecule has 14 heavy (non-hydrogen) atoms. The summed E-state index contributed by atoms with van der Waals surface area (Å²) in [7, 11) is 0. The second-order valence-electron chi connectivity index (χ2n) is 4.99. The quantitative estimate of drug-likeness (QED) is 0.370. The third kappa shape index (κ3) is 2.46. The zero-order valence-electron chi connectivity index (χ0n) is 9.68. The Morgan fingerprint density at radius 3 is 2.71 bits per heavy atom. The molecule has 1 aliphatic carbocycles. The van der Waals surface area contributed by atoms with Gasteiger partial charge in [-0.15, -0.1) is 0 Å². The first kappa shape index (κ1) is 11.5. The number of carbonyl (C=O) groups is 1. The molecule has 0 aromatic carbocycles. The third-order valence-corrected chi connectivity index (χ3v) is 3.87. The molecule has 0 unspecified atom stereocenters. The largest absolute Gasteiger partial charge is 0.303 e. The Balaban J connectivity index is 2.30. The summed E-state index contributed by atoms with van der Waals surface area (Å²) in [6, 6.07) is 0. The summed E-state index contributed by atoms with van der Waals surface area (Å²) in [5.41, 5.74) is 1.93. The standard InChI is InChI=1S/C13H22O/c1-11-8-9-12(13(11,2)3)7-5-4-6-10-14/h8,10,12H,4-7,9H2,1-3H3/t12-/m1/s1. The lowest BCUT2D eigenvalue weighted by Gasteiger charge is -2.29. The fourth-order valence-electron chi connectivity index (χ4n) is 2.30. The van der Waals surface area contributed by atoms with Gasteiger partial charge in [0.2, 0.25) is 0 Å². The van der Waals surface area contributed by atoms with Gasteiger partial charge in [0.25, 0.3) is 0 Å². The van der Waals surface area contributed by atoms with E-state index in [4.69, 9.17) is 0 Å². The molecule has 0 heterocycles. The van der Waals surface area contributed by atoms with Gasteiger partial charge in [-0.2, -0.15) is 0 Å². The van der Waals surface area contributed by atoms with E-state index >= 15 is 0 Å². The van der Waals surface area contributed by atoms with Crippen molar-refractivity contribution in [3.05, 3.63) is 11.6 Å². The maximum absolute atomic E-state index is 10.2. The van der Waals surface area contributed by atoms with Crippen LogP contribution < -0.4 is 0 Å². The smallest absolute Gasteiger partial charge is 0.119 e. The Bertz CT molecular complexity index is 225. The van der Waals surface area contributed by atoms with Gasteiger partial charge in [0, 0.05) is 6.42 Å². The normalized spacial score (nSPS) is 24.8. The molecule has 0 fully saturated rings. The van der Waals surface area contributed by atoms with Crippen molar-refractivity contribution >= 4 is 6.29 Å². The molecule has 0 saturated carbocycles. The molecule has 0 aromatic heterocycles. The highest BCUT2D eigenvalue weighted by Gasteiger charge is 2.33. The van der Waals surface area contributed by atoms with Crippen LogP contribution >= 0.6 is 0 Å². The van der Waals surface area contributed by atoms with Crippen LogP contribution in [0.4, 0.5) is 0 Å². The summed E-state index contributed by atoms with van der Waals surface area (Å²) in [5.74, 6) is 0.800. The van der Waals surface area contributed by atoms with Gasteiger partial charge in [0.1, 0.15) is 6.29 Å². The molecule has 0 radical (unpaired) electrons. The molecule has 0 spiro atoms. The fourth-order valence-corrected chi connectivity index (χ4v) is 2.30. The summed E-state index contributed by atoms with van der Waals surface area (Å²) >= 11 is 0. The number of unbranched alkanes of at least 4 members (excludes halogenated alkanes) is 2. The average Bonchev–Trinajstić information content (AvgIpc) is 2.38. The van der Waals surface area contributed by atoms with Gasteiger partial charge in [-0.1, -0.05) is 31.9 Å². The van der Waals surface area contributed by atoms with Gasteiger partial charge >= 0.3 is 0 Å². The van der Waals surface area contributed by atoms with Crippen molar-refractivity contribution in [2.45, 2.75) is 52.9 Å². The maximum Gasteiger partial charge on any atom is 0.119 e. The molecular weight excluding hydrogens is 172 g/mol. The van der Waals surface area contributed by atoms with Crippen molar-refractivity contribution in [1.29, 1.82) is 0 Å². The van der Waals surface area contributed by atoms with Crippen LogP contribution in [0.15, 0.2) is 11.6 Å². The van der Waals surface area contributed by atoms with Crippen LogP contribution in [-0.4, -0.2) is 6.29 Å². The Morgan fingerprint density at radius 1 is 1.50 bits per heavy atom. The van der Waals surface area contributed by atoms with Gasteiger partial charge in [0.15, 0.2) is 0 Å². The van der Waals surface area contributed by atoms with E-state index in [2.05, 4.69) is 26.8 Å². The second-order valence-corrected chi connectivity index (χ2v) is 4.99. The first-order valence-corrected chi connectivity index (χ1v) is 5.70. The highest BCUT2D eigenvalue weighted by molar-refractivity contribution is 5.48. The lowest BCUT2D eigenvalue weighted by Crippen LogP contribution is -2.20. The Hall–Kier alpha value is -0.590. The van der Waals surface area contributed by atoms with Crippen LogP contribution in [0.2, 0.25) is 0 Å². The molecule has 0 bridgehead atoms. The molecular formula is C13H22O. The minimum atomic E-state index is 0.390. The molecule has 0 N–H and O–H groups in total. The molecule has 1 rings (SSSR count). The Labute approximate surface area is 87.6 Å². The lowest BCUT2D eigenvalue weighted by atomic mass is 9.75. The molecule has 1 aliphatic rings. The van der Waals surface area contributed by atoms with E-state index in [1.54, 1.807) is 0 Å². The van der Waals surface area contributed by atoms with E-state index in [0.29, 0.717) is 5.41 Å². The van der Waals surface area contributed by atoms with Crippen LogP contribution in [0.3, 0.4) is 0 Å². The van der Waals surface area contributed by atoms with Crippen LogP contribution in [0.5, 0.6) is 0 Å². The first-order valence-electron chi connectivity index (χ1n) is 5.70. The minimum absolute atomic E-state index is 0.390. The molecule has 0 amide bonds. The maximum atomic E-state index is 10.2. The summed E-state index contributed by atoms with van der Waals surface area (Å²) in [5, 5.41) is 0. The van der Waals surface area contributed by atoms with E-state index < -0.39 is 0 Å². The zero-order chi connectivity index (χ0) is 10.6. The monoisotopic (exact) mass is 194 g/mol. The van der Waals surface area contributed by atoms with Gasteiger partial charge < -0.3 is 4.79 Å². The van der Waals surface area contributed by atoms with Crippen molar-refractivity contribution in [2.75, 3.05) is 0 Å². The molecule has 1 nitrogen and oxygen atoms in total. The number of aldehydes is 1. The fraction of sp³-hybridized carbons (Fsp3) is 0.769. The number of rotatable bonds is 5. The SMILES string of the molecule is CC1=CC[C@@H](CCCCC=O)C1(C)C. The van der Waals surface area contributed by atoms with E-state index in [9.17, 15) is 4.79 Å². The first-order chi connectivity index (χ1) is 6.59. The van der Waals surface area contributed by atoms with Crippen molar-refractivity contribution < 1.29 is 4.79 Å². The predicted octanol–water partition coefficient (Wildman–Crippen LogP) is 3.74. The number of hydrogen-bond donors (Lipinski definition) is 0. The van der Waals surface area contributed by atoms with Gasteiger partial charge in [0.05, 0.1) is 0 Å². The van der Waals surface area contributed by atoms with E-state index in [0.717, 1.165) is 25.0 Å². The third-order valence-electron chi connectivity index (χ3n) is 3.87. The molecule has 0 aliphatic heterocycles. The van der Waals surface area contributed by atoms with E-state index in [1.807, 2.05) is 0 Å². The van der Waals surface area contributed by atoms with Crippen LogP contribution in [-0.2, 0) is 4.79 Å². The predicted molar refractivity (Wildman–Crippen MR) is 60.2 cm³/mol. The highest BCUT2D eigenvalue weighted by Crippen LogP contribution is 2.45. The van der Waals surface area contributed by atoms with Crippen molar-refractivity contribution in [3.8, 4) is 0 Å².